The third-order valence-electron chi connectivity index (χ3n) is 2.51. The minimum Gasteiger partial charge on any atom is -0.293 e. The lowest BCUT2D eigenvalue weighted by Gasteiger charge is -2.01. The van der Waals surface area contributed by atoms with Crippen LogP contribution >= 0.6 is 22.9 Å². The Bertz CT molecular complexity index is 543. The first-order valence-corrected chi connectivity index (χ1v) is 6.68. The maximum absolute atomic E-state index is 11.9. The second kappa shape index (κ2) is 5.03. The average Bonchev–Trinajstić information content (AvgIpc) is 2.77. The van der Waals surface area contributed by atoms with Gasteiger partial charge in [-0.25, -0.2) is 0 Å². The number of hydrogen-bond donors (Lipinski definition) is 0. The Balaban J connectivity index is 2.37. The van der Waals surface area contributed by atoms with E-state index in [-0.39, 0.29) is 11.7 Å². The van der Waals surface area contributed by atoms with E-state index in [1.807, 2.05) is 50.2 Å². The van der Waals surface area contributed by atoms with Gasteiger partial charge < -0.3 is 0 Å². The summed E-state index contributed by atoms with van der Waals surface area (Å²) in [6.07, 6.45) is 0. The number of rotatable bonds is 3. The van der Waals surface area contributed by atoms with Crippen LogP contribution in [0.3, 0.4) is 0 Å². The van der Waals surface area contributed by atoms with Gasteiger partial charge in [-0.2, -0.15) is 0 Å². The molecule has 0 aliphatic carbocycles. The van der Waals surface area contributed by atoms with Crippen LogP contribution in [0.15, 0.2) is 36.4 Å². The lowest BCUT2D eigenvalue weighted by atomic mass is 10.1. The summed E-state index contributed by atoms with van der Waals surface area (Å²) in [5, 5.41) is 0.720. The van der Waals surface area contributed by atoms with Crippen LogP contribution in [0.25, 0.3) is 10.4 Å². The molecule has 0 fully saturated rings. The Morgan fingerprint density at radius 3 is 2.53 bits per heavy atom. The summed E-state index contributed by atoms with van der Waals surface area (Å²) in [6, 6.07) is 11.5. The van der Waals surface area contributed by atoms with Crippen molar-refractivity contribution in [3.63, 3.8) is 0 Å². The zero-order valence-corrected chi connectivity index (χ0v) is 11.3. The highest BCUT2D eigenvalue weighted by Gasteiger charge is 2.14. The van der Waals surface area contributed by atoms with Gasteiger partial charge in [0.2, 0.25) is 0 Å². The standard InChI is InChI=1S/C14H13ClOS/c1-9(2)14(16)13-8-7-12(17-13)10-5-3-4-6-11(10)15/h3-9H,1-2H3. The summed E-state index contributed by atoms with van der Waals surface area (Å²) in [5.74, 6) is 0.223. The van der Waals surface area contributed by atoms with Crippen LogP contribution in [0, 0.1) is 5.92 Å². The van der Waals surface area contributed by atoms with E-state index in [4.69, 9.17) is 11.6 Å². The van der Waals surface area contributed by atoms with Crippen molar-refractivity contribution >= 4 is 28.7 Å². The smallest absolute Gasteiger partial charge is 0.175 e. The molecule has 0 unspecified atom stereocenters. The summed E-state index contributed by atoms with van der Waals surface area (Å²) >= 11 is 7.63. The molecular weight excluding hydrogens is 252 g/mol. The molecule has 0 aliphatic heterocycles. The Morgan fingerprint density at radius 2 is 1.88 bits per heavy atom. The third kappa shape index (κ3) is 2.59. The molecule has 1 aromatic heterocycles. The zero-order chi connectivity index (χ0) is 12.4. The second-order valence-electron chi connectivity index (χ2n) is 4.16. The highest BCUT2D eigenvalue weighted by atomic mass is 35.5. The number of Topliss-reactive ketones (excluding diaryl/α,β-unsaturated/α-hetero) is 1. The molecule has 0 N–H and O–H groups in total. The van der Waals surface area contributed by atoms with Gasteiger partial charge in [0.05, 0.1) is 4.88 Å². The number of benzene rings is 1. The monoisotopic (exact) mass is 264 g/mol. The molecule has 0 aliphatic rings. The molecule has 0 saturated heterocycles. The molecule has 0 atom stereocenters. The van der Waals surface area contributed by atoms with Crippen molar-refractivity contribution in [2.75, 3.05) is 0 Å². The molecule has 0 amide bonds. The highest BCUT2D eigenvalue weighted by molar-refractivity contribution is 7.17. The molecule has 17 heavy (non-hydrogen) atoms. The largest absolute Gasteiger partial charge is 0.293 e. The predicted molar refractivity (Wildman–Crippen MR) is 73.9 cm³/mol. The zero-order valence-electron chi connectivity index (χ0n) is 9.74. The Kier molecular flexibility index (Phi) is 3.65. The van der Waals surface area contributed by atoms with Gasteiger partial charge in [0.25, 0.3) is 0 Å². The molecule has 88 valence electrons. The Hall–Kier alpha value is -1.12. The summed E-state index contributed by atoms with van der Waals surface area (Å²) in [6.45, 7) is 3.83. The number of carbonyl (C=O) groups is 1. The van der Waals surface area contributed by atoms with Gasteiger partial charge in [0, 0.05) is 21.4 Å². The number of ketones is 1. The predicted octanol–water partition coefficient (Wildman–Crippen LogP) is 4.91. The van der Waals surface area contributed by atoms with Crippen LogP contribution < -0.4 is 0 Å². The number of halogens is 1. The third-order valence-corrected chi connectivity index (χ3v) is 3.98. The van der Waals surface area contributed by atoms with Crippen molar-refractivity contribution in [1.82, 2.24) is 0 Å². The maximum atomic E-state index is 11.9. The van der Waals surface area contributed by atoms with Crippen LogP contribution in [0.5, 0.6) is 0 Å². The fraction of sp³-hybridized carbons (Fsp3) is 0.214. The van der Waals surface area contributed by atoms with E-state index in [9.17, 15) is 4.79 Å². The van der Waals surface area contributed by atoms with Gasteiger partial charge in [-0.05, 0) is 18.2 Å². The SMILES string of the molecule is CC(C)C(=O)c1ccc(-c2ccccc2Cl)s1. The van der Waals surface area contributed by atoms with Crippen molar-refractivity contribution in [2.45, 2.75) is 13.8 Å². The molecule has 2 rings (SSSR count). The first-order valence-electron chi connectivity index (χ1n) is 5.48. The normalized spacial score (nSPS) is 10.8. The lowest BCUT2D eigenvalue weighted by molar-refractivity contribution is 0.0943. The van der Waals surface area contributed by atoms with E-state index in [1.54, 1.807) is 0 Å². The average molecular weight is 265 g/mol. The number of carbonyl (C=O) groups excluding carboxylic acids is 1. The van der Waals surface area contributed by atoms with Gasteiger partial charge in [0.15, 0.2) is 5.78 Å². The first kappa shape index (κ1) is 12.3. The first-order chi connectivity index (χ1) is 8.09. The van der Waals surface area contributed by atoms with Gasteiger partial charge in [-0.1, -0.05) is 43.6 Å². The van der Waals surface area contributed by atoms with Gasteiger partial charge in [-0.15, -0.1) is 11.3 Å². The van der Waals surface area contributed by atoms with E-state index in [0.717, 1.165) is 20.3 Å². The van der Waals surface area contributed by atoms with Crippen LogP contribution in [-0.4, -0.2) is 5.78 Å². The molecule has 1 aromatic carbocycles. The summed E-state index contributed by atoms with van der Waals surface area (Å²) in [4.78, 5) is 13.7. The minimum absolute atomic E-state index is 0.0349. The fourth-order valence-corrected chi connectivity index (χ4v) is 2.99. The number of thiophene rings is 1. The summed E-state index contributed by atoms with van der Waals surface area (Å²) in [5.41, 5.74) is 0.988. The highest BCUT2D eigenvalue weighted by Crippen LogP contribution is 2.33. The van der Waals surface area contributed by atoms with Crippen molar-refractivity contribution < 1.29 is 4.79 Å². The second-order valence-corrected chi connectivity index (χ2v) is 5.65. The van der Waals surface area contributed by atoms with E-state index >= 15 is 0 Å². The molecule has 0 spiro atoms. The molecular formula is C14H13ClOS. The molecule has 2 aromatic rings. The Morgan fingerprint density at radius 1 is 1.18 bits per heavy atom. The quantitative estimate of drug-likeness (QED) is 0.720. The van der Waals surface area contributed by atoms with Gasteiger partial charge in [0.1, 0.15) is 0 Å². The maximum Gasteiger partial charge on any atom is 0.175 e. The molecule has 3 heteroatoms. The minimum atomic E-state index is 0.0349. The topological polar surface area (TPSA) is 17.1 Å². The van der Waals surface area contributed by atoms with Gasteiger partial charge >= 0.3 is 0 Å². The lowest BCUT2D eigenvalue weighted by Crippen LogP contribution is -2.04. The fourth-order valence-electron chi connectivity index (χ4n) is 1.56. The Labute approximate surface area is 110 Å². The number of hydrogen-bond acceptors (Lipinski definition) is 2. The van der Waals surface area contributed by atoms with Crippen molar-refractivity contribution in [2.24, 2.45) is 5.92 Å². The molecule has 0 saturated carbocycles. The van der Waals surface area contributed by atoms with Crippen molar-refractivity contribution in [1.29, 1.82) is 0 Å². The van der Waals surface area contributed by atoms with E-state index in [0.29, 0.717) is 0 Å². The van der Waals surface area contributed by atoms with E-state index in [2.05, 4.69) is 0 Å². The molecule has 1 heterocycles. The van der Waals surface area contributed by atoms with Crippen molar-refractivity contribution in [3.8, 4) is 10.4 Å². The summed E-state index contributed by atoms with van der Waals surface area (Å²) in [7, 11) is 0. The molecule has 1 nitrogen and oxygen atoms in total. The van der Waals surface area contributed by atoms with Crippen LogP contribution in [-0.2, 0) is 0 Å². The van der Waals surface area contributed by atoms with E-state index in [1.165, 1.54) is 11.3 Å². The van der Waals surface area contributed by atoms with Gasteiger partial charge in [-0.3, -0.25) is 4.79 Å². The molecule has 0 bridgehead atoms. The summed E-state index contributed by atoms with van der Waals surface area (Å²) < 4.78 is 0. The van der Waals surface area contributed by atoms with Crippen molar-refractivity contribution in [3.05, 3.63) is 46.3 Å². The van der Waals surface area contributed by atoms with Crippen LogP contribution in [0.1, 0.15) is 23.5 Å². The van der Waals surface area contributed by atoms with E-state index < -0.39 is 0 Å². The van der Waals surface area contributed by atoms with Crippen LogP contribution in [0.2, 0.25) is 5.02 Å². The molecule has 0 radical (unpaired) electrons. The van der Waals surface area contributed by atoms with Crippen LogP contribution in [0.4, 0.5) is 0 Å².